The Balaban J connectivity index is 1.58. The molecule has 23 heteroatoms. The molecule has 0 aromatic rings. The molecule has 3 heterocycles. The van der Waals surface area contributed by atoms with Crippen molar-refractivity contribution in [3.05, 3.63) is 24.3 Å². The molecule has 84 heavy (non-hydrogen) atoms. The minimum absolute atomic E-state index is 0.223. The van der Waals surface area contributed by atoms with E-state index < -0.39 is 148 Å². The summed E-state index contributed by atoms with van der Waals surface area (Å²) in [6.45, 7) is 2.04. The second kappa shape index (κ2) is 43.0. The van der Waals surface area contributed by atoms with E-state index >= 15 is 0 Å². The third-order valence-corrected chi connectivity index (χ3v) is 16.2. The standard InChI is InChI=1S/C61H110N2O21/c1-4-6-8-10-12-14-15-16-17-18-19-20-21-22-23-24-25-27-29-31-33-35-48(71)63-42(43(68)34-32-30-28-26-13-11-9-7-5-2)40-79-58-53(75)52(74)55(47(39-66)81-58)82-59-54(76)57(51(73)46(38-65)80-59)84-61(60(77)78)36-44(69)49(62-41(3)67)56(83-61)50(72)45(70)37-64/h6,8,12,14,42-47,49-59,64-66,68-70,72-76H,4-5,7,9-11,13,15-40H2,1-3H3,(H,62,67)(H,63,71)(H,77,78)/b8-6-,14-12-. The van der Waals surface area contributed by atoms with Gasteiger partial charge >= 0.3 is 5.97 Å². The van der Waals surface area contributed by atoms with Gasteiger partial charge in [0.2, 0.25) is 11.8 Å². The van der Waals surface area contributed by atoms with Crippen molar-refractivity contribution in [3.8, 4) is 0 Å². The first kappa shape index (κ1) is 75.5. The fourth-order valence-electron chi connectivity index (χ4n) is 11.1. The van der Waals surface area contributed by atoms with E-state index in [2.05, 4.69) is 48.8 Å². The molecule has 3 fully saturated rings. The van der Waals surface area contributed by atoms with Crippen molar-refractivity contribution in [3.63, 3.8) is 0 Å². The molecular formula is C61H110N2O21. The van der Waals surface area contributed by atoms with Crippen LogP contribution in [-0.4, -0.2) is 215 Å². The number of aliphatic hydroxyl groups is 11. The Morgan fingerprint density at radius 3 is 1.73 bits per heavy atom. The third-order valence-electron chi connectivity index (χ3n) is 16.2. The average Bonchev–Trinajstić information content (AvgIpc) is 1.31. The smallest absolute Gasteiger partial charge is 0.364 e. The summed E-state index contributed by atoms with van der Waals surface area (Å²) < 4.78 is 34.7. The van der Waals surface area contributed by atoms with E-state index in [1.165, 1.54) is 89.9 Å². The van der Waals surface area contributed by atoms with Gasteiger partial charge in [0, 0.05) is 19.8 Å². The molecule has 0 aromatic carbocycles. The molecule has 14 N–H and O–H groups in total. The van der Waals surface area contributed by atoms with Crippen LogP contribution in [0.1, 0.15) is 207 Å². The summed E-state index contributed by atoms with van der Waals surface area (Å²) in [7, 11) is 0. The number of hydrogen-bond acceptors (Lipinski definition) is 20. The third kappa shape index (κ3) is 26.5. The fourth-order valence-corrected chi connectivity index (χ4v) is 11.1. The molecule has 18 atom stereocenters. The Bertz CT molecular complexity index is 1820. The zero-order valence-electron chi connectivity index (χ0n) is 50.5. The molecule has 3 rings (SSSR count). The summed E-state index contributed by atoms with van der Waals surface area (Å²) in [6.07, 6.45) is 9.39. The number of amides is 2. The quantitative estimate of drug-likeness (QED) is 0.0305. The molecule has 0 bridgehead atoms. The van der Waals surface area contributed by atoms with Crippen LogP contribution in [0.15, 0.2) is 24.3 Å². The number of carboxylic acid groups (broad SMARTS) is 1. The summed E-state index contributed by atoms with van der Waals surface area (Å²) in [6, 6.07) is -2.53. The zero-order valence-corrected chi connectivity index (χ0v) is 50.5. The van der Waals surface area contributed by atoms with Gasteiger partial charge in [-0.3, -0.25) is 9.59 Å². The summed E-state index contributed by atoms with van der Waals surface area (Å²) >= 11 is 0. The number of allylic oxidation sites excluding steroid dienone is 4. The highest BCUT2D eigenvalue weighted by molar-refractivity contribution is 5.77. The average molecular weight is 1210 g/mol. The summed E-state index contributed by atoms with van der Waals surface area (Å²) in [5.74, 6) is -6.11. The molecule has 2 amide bonds. The highest BCUT2D eigenvalue weighted by Gasteiger charge is 2.60. The van der Waals surface area contributed by atoms with Gasteiger partial charge in [0.15, 0.2) is 12.6 Å². The molecular weight excluding hydrogens is 1100 g/mol. The summed E-state index contributed by atoms with van der Waals surface area (Å²) in [4.78, 5) is 38.4. The summed E-state index contributed by atoms with van der Waals surface area (Å²) in [5.41, 5.74) is 0. The van der Waals surface area contributed by atoms with E-state index in [-0.39, 0.29) is 18.9 Å². The maximum atomic E-state index is 13.4. The second-order valence-electron chi connectivity index (χ2n) is 23.2. The van der Waals surface area contributed by atoms with Crippen LogP contribution in [0.25, 0.3) is 0 Å². The molecule has 23 nitrogen and oxygen atoms in total. The van der Waals surface area contributed by atoms with Crippen LogP contribution >= 0.6 is 0 Å². The first-order chi connectivity index (χ1) is 40.4. The largest absolute Gasteiger partial charge is 0.477 e. The van der Waals surface area contributed by atoms with Crippen LogP contribution in [0.4, 0.5) is 0 Å². The minimum Gasteiger partial charge on any atom is -0.477 e. The fraction of sp³-hybridized carbons (Fsp3) is 0.885. The Hall–Kier alpha value is -2.79. The number of nitrogens with one attached hydrogen (secondary N) is 2. The molecule has 490 valence electrons. The number of carbonyl (C=O) groups is 3. The van der Waals surface area contributed by atoms with Crippen LogP contribution in [-0.2, 0) is 42.8 Å². The summed E-state index contributed by atoms with van der Waals surface area (Å²) in [5, 5.41) is 136. The van der Waals surface area contributed by atoms with Crippen molar-refractivity contribution in [2.75, 3.05) is 26.4 Å². The zero-order chi connectivity index (χ0) is 61.9. The minimum atomic E-state index is -3.08. The van der Waals surface area contributed by atoms with Gasteiger partial charge in [0.1, 0.15) is 67.1 Å². The van der Waals surface area contributed by atoms with Crippen molar-refractivity contribution in [1.29, 1.82) is 0 Å². The van der Waals surface area contributed by atoms with Gasteiger partial charge < -0.3 is 100 Å². The van der Waals surface area contributed by atoms with Crippen LogP contribution in [0.3, 0.4) is 0 Å². The number of rotatable bonds is 46. The Morgan fingerprint density at radius 2 is 1.18 bits per heavy atom. The van der Waals surface area contributed by atoms with Crippen LogP contribution in [0.5, 0.6) is 0 Å². The van der Waals surface area contributed by atoms with Crippen molar-refractivity contribution in [1.82, 2.24) is 10.6 Å². The normalized spacial score (nSPS) is 29.9. The van der Waals surface area contributed by atoms with Gasteiger partial charge in [-0.25, -0.2) is 4.79 Å². The van der Waals surface area contributed by atoms with Gasteiger partial charge in [-0.15, -0.1) is 0 Å². The SMILES string of the molecule is CC/C=C\C/C=C\CCCCCCCCCCCCCCCCC(=O)NC(COC1OC(CO)C(OC2OC(CO)C(O)C(OC3(C(=O)O)CC(O)C(NC(C)=O)C(C(O)C(O)CO)O3)C2O)C(O)C1O)C(O)CCCCCCCCCCC. The van der Waals surface area contributed by atoms with E-state index in [4.69, 9.17) is 28.4 Å². The maximum Gasteiger partial charge on any atom is 0.364 e. The highest BCUT2D eigenvalue weighted by atomic mass is 16.8. The topological polar surface area (TPSA) is 373 Å². The van der Waals surface area contributed by atoms with E-state index in [1.54, 1.807) is 0 Å². The van der Waals surface area contributed by atoms with Gasteiger partial charge in [0.05, 0.1) is 50.7 Å². The number of carboxylic acids is 1. The lowest BCUT2D eigenvalue weighted by molar-refractivity contribution is -0.386. The molecule has 3 saturated heterocycles. The van der Waals surface area contributed by atoms with Gasteiger partial charge in [-0.05, 0) is 38.5 Å². The lowest BCUT2D eigenvalue weighted by Crippen LogP contribution is -2.70. The molecule has 3 aliphatic rings. The van der Waals surface area contributed by atoms with Crippen molar-refractivity contribution < 1.29 is 104 Å². The Kier molecular flexibility index (Phi) is 38.6. The van der Waals surface area contributed by atoms with E-state index in [9.17, 15) is 75.7 Å². The van der Waals surface area contributed by atoms with Crippen LogP contribution in [0, 0.1) is 0 Å². The monoisotopic (exact) mass is 1210 g/mol. The first-order valence-corrected chi connectivity index (χ1v) is 31.7. The number of unbranched alkanes of at least 4 members (excludes halogenated alkanes) is 22. The van der Waals surface area contributed by atoms with Crippen LogP contribution in [0.2, 0.25) is 0 Å². The van der Waals surface area contributed by atoms with Gasteiger partial charge in [0.25, 0.3) is 5.79 Å². The molecule has 0 aliphatic carbocycles. The second-order valence-corrected chi connectivity index (χ2v) is 23.2. The first-order valence-electron chi connectivity index (χ1n) is 31.7. The number of hydrogen-bond donors (Lipinski definition) is 14. The van der Waals surface area contributed by atoms with Crippen molar-refractivity contribution in [2.45, 2.75) is 317 Å². The maximum absolute atomic E-state index is 13.4. The Labute approximate surface area is 498 Å². The predicted molar refractivity (Wildman–Crippen MR) is 311 cm³/mol. The molecule has 0 saturated carbocycles. The van der Waals surface area contributed by atoms with Crippen molar-refractivity contribution in [2.24, 2.45) is 0 Å². The highest BCUT2D eigenvalue weighted by Crippen LogP contribution is 2.38. The van der Waals surface area contributed by atoms with Crippen LogP contribution < -0.4 is 10.6 Å². The number of carbonyl (C=O) groups excluding carboxylic acids is 2. The van der Waals surface area contributed by atoms with Gasteiger partial charge in [-0.1, -0.05) is 173 Å². The molecule has 0 spiro atoms. The van der Waals surface area contributed by atoms with Crippen molar-refractivity contribution >= 4 is 17.8 Å². The number of ether oxygens (including phenoxy) is 6. The number of aliphatic carboxylic acids is 1. The molecule has 0 aromatic heterocycles. The van der Waals surface area contributed by atoms with E-state index in [0.29, 0.717) is 19.3 Å². The van der Waals surface area contributed by atoms with Gasteiger partial charge in [-0.2, -0.15) is 0 Å². The lowest BCUT2D eigenvalue weighted by atomic mass is 9.88. The molecule has 0 radical (unpaired) electrons. The Morgan fingerprint density at radius 1 is 0.631 bits per heavy atom. The molecule has 18 unspecified atom stereocenters. The van der Waals surface area contributed by atoms with E-state index in [1.807, 2.05) is 0 Å². The van der Waals surface area contributed by atoms with E-state index in [0.717, 1.165) is 71.1 Å². The lowest BCUT2D eigenvalue weighted by Gasteiger charge is -2.50. The predicted octanol–water partition coefficient (Wildman–Crippen LogP) is 3.72. The number of aliphatic hydroxyl groups excluding tert-OH is 11. The molecule has 3 aliphatic heterocycles.